The lowest BCUT2D eigenvalue weighted by atomic mass is 10.1. The van der Waals surface area contributed by atoms with Crippen LogP contribution in [0.5, 0.6) is 0 Å². The number of carbonyl (C=O) groups is 2. The smallest absolute Gasteiger partial charge is 0.270 e. The van der Waals surface area contributed by atoms with Crippen molar-refractivity contribution in [1.29, 1.82) is 0 Å². The molecule has 1 aliphatic rings. The molecule has 2 amide bonds. The minimum Gasteiger partial charge on any atom is -0.347 e. The van der Waals surface area contributed by atoms with Crippen LogP contribution in [0.3, 0.4) is 0 Å². The number of amides is 2. The summed E-state index contributed by atoms with van der Waals surface area (Å²) in [4.78, 5) is 29.2. The molecule has 1 aromatic heterocycles. The van der Waals surface area contributed by atoms with Crippen LogP contribution in [0.15, 0.2) is 42.6 Å². The second kappa shape index (κ2) is 5.36. The van der Waals surface area contributed by atoms with Crippen molar-refractivity contribution >= 4 is 17.5 Å². The summed E-state index contributed by atoms with van der Waals surface area (Å²) < 4.78 is 0. The van der Waals surface area contributed by atoms with E-state index < -0.39 is 0 Å². The Kier molecular flexibility index (Phi) is 3.39. The minimum absolute atomic E-state index is 0.0969. The molecular weight excluding hydrogens is 266 g/mol. The van der Waals surface area contributed by atoms with Crippen LogP contribution in [0.2, 0.25) is 0 Å². The van der Waals surface area contributed by atoms with Crippen molar-refractivity contribution in [2.75, 3.05) is 11.9 Å². The number of fused-ring (bicyclic) bond motifs is 1. The van der Waals surface area contributed by atoms with Crippen LogP contribution in [-0.2, 0) is 17.8 Å². The Hall–Kier alpha value is -2.69. The molecular formula is C16H15N3O2. The summed E-state index contributed by atoms with van der Waals surface area (Å²) in [7, 11) is 1.77. The number of carbonyl (C=O) groups excluding carboxylic acids is 2. The molecule has 0 bridgehead atoms. The SMILES string of the molecule is CN1C(=O)Cc2cc(CNC(=O)c3ccccn3)ccc21. The van der Waals surface area contributed by atoms with Gasteiger partial charge in [-0.1, -0.05) is 18.2 Å². The normalized spacial score (nSPS) is 13.2. The van der Waals surface area contributed by atoms with E-state index in [0.717, 1.165) is 16.8 Å². The second-order valence-corrected chi connectivity index (χ2v) is 4.99. The van der Waals surface area contributed by atoms with Gasteiger partial charge in [-0.15, -0.1) is 0 Å². The third kappa shape index (κ3) is 2.63. The first-order valence-electron chi connectivity index (χ1n) is 6.73. The van der Waals surface area contributed by atoms with Gasteiger partial charge in [-0.05, 0) is 29.3 Å². The van der Waals surface area contributed by atoms with E-state index >= 15 is 0 Å². The third-order valence-corrected chi connectivity index (χ3v) is 3.57. The van der Waals surface area contributed by atoms with Crippen molar-refractivity contribution in [1.82, 2.24) is 10.3 Å². The van der Waals surface area contributed by atoms with Gasteiger partial charge in [-0.3, -0.25) is 14.6 Å². The molecule has 0 radical (unpaired) electrons. The number of rotatable bonds is 3. The molecule has 3 rings (SSSR count). The maximum Gasteiger partial charge on any atom is 0.270 e. The van der Waals surface area contributed by atoms with Gasteiger partial charge in [0.2, 0.25) is 5.91 Å². The van der Waals surface area contributed by atoms with E-state index in [-0.39, 0.29) is 11.8 Å². The Morgan fingerprint density at radius 3 is 2.95 bits per heavy atom. The zero-order chi connectivity index (χ0) is 14.8. The van der Waals surface area contributed by atoms with Gasteiger partial charge < -0.3 is 10.2 Å². The monoisotopic (exact) mass is 281 g/mol. The van der Waals surface area contributed by atoms with Gasteiger partial charge >= 0.3 is 0 Å². The quantitative estimate of drug-likeness (QED) is 0.928. The summed E-state index contributed by atoms with van der Waals surface area (Å²) in [5.74, 6) is -0.107. The number of hydrogen-bond acceptors (Lipinski definition) is 3. The molecule has 1 N–H and O–H groups in total. The van der Waals surface area contributed by atoms with Crippen molar-refractivity contribution in [2.45, 2.75) is 13.0 Å². The molecule has 2 aromatic rings. The van der Waals surface area contributed by atoms with Crippen LogP contribution in [-0.4, -0.2) is 23.8 Å². The molecule has 5 nitrogen and oxygen atoms in total. The van der Waals surface area contributed by atoms with Crippen LogP contribution < -0.4 is 10.2 Å². The van der Waals surface area contributed by atoms with E-state index in [1.54, 1.807) is 36.3 Å². The maximum atomic E-state index is 11.9. The fourth-order valence-corrected chi connectivity index (χ4v) is 2.40. The molecule has 2 heterocycles. The van der Waals surface area contributed by atoms with Crippen molar-refractivity contribution in [3.8, 4) is 0 Å². The number of pyridine rings is 1. The molecule has 5 heteroatoms. The Morgan fingerprint density at radius 2 is 2.19 bits per heavy atom. The van der Waals surface area contributed by atoms with Gasteiger partial charge in [0.15, 0.2) is 0 Å². The first-order chi connectivity index (χ1) is 10.1. The number of benzene rings is 1. The minimum atomic E-state index is -0.204. The highest BCUT2D eigenvalue weighted by molar-refractivity contribution is 6.01. The van der Waals surface area contributed by atoms with Crippen molar-refractivity contribution in [2.24, 2.45) is 0 Å². The number of anilines is 1. The number of nitrogens with zero attached hydrogens (tertiary/aromatic N) is 2. The maximum absolute atomic E-state index is 11.9. The molecule has 1 aliphatic heterocycles. The zero-order valence-corrected chi connectivity index (χ0v) is 11.7. The van der Waals surface area contributed by atoms with Crippen molar-refractivity contribution in [3.05, 3.63) is 59.4 Å². The lowest BCUT2D eigenvalue weighted by Gasteiger charge is -2.11. The number of nitrogens with one attached hydrogen (secondary N) is 1. The van der Waals surface area contributed by atoms with Crippen LogP contribution in [0.25, 0.3) is 0 Å². The molecule has 0 saturated heterocycles. The Morgan fingerprint density at radius 1 is 1.33 bits per heavy atom. The lowest BCUT2D eigenvalue weighted by Crippen LogP contribution is -2.23. The predicted octanol–water partition coefficient (Wildman–Crippen LogP) is 1.53. The Balaban J connectivity index is 1.69. The predicted molar refractivity (Wildman–Crippen MR) is 79.0 cm³/mol. The number of likely N-dealkylation sites (N-methyl/N-ethyl adjacent to an activating group) is 1. The summed E-state index contributed by atoms with van der Waals surface area (Å²) >= 11 is 0. The van der Waals surface area contributed by atoms with Gasteiger partial charge in [0.25, 0.3) is 5.91 Å². The third-order valence-electron chi connectivity index (χ3n) is 3.57. The zero-order valence-electron chi connectivity index (χ0n) is 11.7. The summed E-state index contributed by atoms with van der Waals surface area (Å²) in [5, 5.41) is 2.83. The molecule has 106 valence electrons. The largest absolute Gasteiger partial charge is 0.347 e. The Labute approximate surface area is 122 Å². The molecule has 0 atom stereocenters. The molecule has 21 heavy (non-hydrogen) atoms. The van der Waals surface area contributed by atoms with Gasteiger partial charge in [0, 0.05) is 25.5 Å². The van der Waals surface area contributed by atoms with Crippen molar-refractivity contribution in [3.63, 3.8) is 0 Å². The van der Waals surface area contributed by atoms with Gasteiger partial charge in [-0.2, -0.15) is 0 Å². The average molecular weight is 281 g/mol. The molecule has 0 fully saturated rings. The summed E-state index contributed by atoms with van der Waals surface area (Å²) in [6.07, 6.45) is 2.01. The Bertz CT molecular complexity index is 698. The number of hydrogen-bond donors (Lipinski definition) is 1. The van der Waals surface area contributed by atoms with Crippen LogP contribution in [0.4, 0.5) is 5.69 Å². The van der Waals surface area contributed by atoms with E-state index in [4.69, 9.17) is 0 Å². The fraction of sp³-hybridized carbons (Fsp3) is 0.188. The van der Waals surface area contributed by atoms with E-state index in [1.807, 2.05) is 18.2 Å². The molecule has 1 aromatic carbocycles. The van der Waals surface area contributed by atoms with Gasteiger partial charge in [0.1, 0.15) is 5.69 Å². The topological polar surface area (TPSA) is 62.3 Å². The average Bonchev–Trinajstić information content (AvgIpc) is 2.80. The molecule has 0 spiro atoms. The summed E-state index contributed by atoms with van der Waals surface area (Å²) in [5.41, 5.74) is 3.32. The highest BCUT2D eigenvalue weighted by Crippen LogP contribution is 2.28. The first-order valence-corrected chi connectivity index (χ1v) is 6.73. The molecule has 0 unspecified atom stereocenters. The van der Waals surface area contributed by atoms with Gasteiger partial charge in [0.05, 0.1) is 6.42 Å². The lowest BCUT2D eigenvalue weighted by molar-refractivity contribution is -0.117. The van der Waals surface area contributed by atoms with Gasteiger partial charge in [-0.25, -0.2) is 0 Å². The number of aromatic nitrogens is 1. The van der Waals surface area contributed by atoms with E-state index in [0.29, 0.717) is 18.7 Å². The van der Waals surface area contributed by atoms with E-state index in [1.165, 1.54) is 0 Å². The highest BCUT2D eigenvalue weighted by Gasteiger charge is 2.23. The standard InChI is InChI=1S/C16H15N3O2/c1-19-14-6-5-11(8-12(14)9-15(19)20)10-18-16(21)13-4-2-3-7-17-13/h2-8H,9-10H2,1H3,(H,18,21). The van der Waals surface area contributed by atoms with Crippen molar-refractivity contribution < 1.29 is 9.59 Å². The van der Waals surface area contributed by atoms with E-state index in [2.05, 4.69) is 10.3 Å². The second-order valence-electron chi connectivity index (χ2n) is 4.99. The first kappa shape index (κ1) is 13.3. The molecule has 0 saturated carbocycles. The van der Waals surface area contributed by atoms with Crippen LogP contribution >= 0.6 is 0 Å². The van der Waals surface area contributed by atoms with E-state index in [9.17, 15) is 9.59 Å². The highest BCUT2D eigenvalue weighted by atomic mass is 16.2. The van der Waals surface area contributed by atoms with Crippen LogP contribution in [0.1, 0.15) is 21.6 Å². The molecule has 0 aliphatic carbocycles. The summed E-state index contributed by atoms with van der Waals surface area (Å²) in [6.45, 7) is 0.417. The fourth-order valence-electron chi connectivity index (χ4n) is 2.40. The summed E-state index contributed by atoms with van der Waals surface area (Å²) in [6, 6.07) is 11.0. The van der Waals surface area contributed by atoms with Crippen LogP contribution in [0, 0.1) is 0 Å².